The van der Waals surface area contributed by atoms with Crippen LogP contribution in [0.2, 0.25) is 0 Å². The number of rotatable bonds is 3. The van der Waals surface area contributed by atoms with Crippen molar-refractivity contribution in [1.82, 2.24) is 0 Å². The first-order valence-electron chi connectivity index (χ1n) is 2.45. The van der Waals surface area contributed by atoms with Gasteiger partial charge in [-0.25, -0.2) is 4.39 Å². The highest BCUT2D eigenvalue weighted by molar-refractivity contribution is 9.09. The Morgan fingerprint density at radius 3 is 2.38 bits per heavy atom. The van der Waals surface area contributed by atoms with Gasteiger partial charge in [0.15, 0.2) is 5.67 Å². The van der Waals surface area contributed by atoms with Crippen molar-refractivity contribution in [2.45, 2.75) is 19.0 Å². The van der Waals surface area contributed by atoms with E-state index in [0.29, 0.717) is 6.42 Å². The first kappa shape index (κ1) is 8.08. The zero-order valence-corrected chi connectivity index (χ0v) is 6.33. The quantitative estimate of drug-likeness (QED) is 0.510. The van der Waals surface area contributed by atoms with Crippen LogP contribution in [0.5, 0.6) is 0 Å². The Labute approximate surface area is 56.9 Å². The van der Waals surface area contributed by atoms with Crippen molar-refractivity contribution in [1.29, 1.82) is 5.41 Å². The van der Waals surface area contributed by atoms with Gasteiger partial charge in [-0.3, -0.25) is 0 Å². The maximum absolute atomic E-state index is 12.7. The van der Waals surface area contributed by atoms with Gasteiger partial charge in [0.1, 0.15) is 0 Å². The molecule has 0 bridgehead atoms. The van der Waals surface area contributed by atoms with E-state index < -0.39 is 5.67 Å². The first-order valence-corrected chi connectivity index (χ1v) is 3.57. The minimum atomic E-state index is -1.42. The zero-order valence-electron chi connectivity index (χ0n) is 4.75. The molecule has 0 aliphatic rings. The zero-order chi connectivity index (χ0) is 6.62. The number of hydrogen-bond acceptors (Lipinski definition) is 1. The molecule has 0 aromatic carbocycles. The van der Waals surface area contributed by atoms with Crippen LogP contribution < -0.4 is 0 Å². The lowest BCUT2D eigenvalue weighted by molar-refractivity contribution is 0.290. The van der Waals surface area contributed by atoms with Gasteiger partial charge >= 0.3 is 0 Å². The summed E-state index contributed by atoms with van der Waals surface area (Å²) in [6.07, 6.45) is 1.20. The topological polar surface area (TPSA) is 23.9 Å². The molecule has 1 nitrogen and oxygen atoms in total. The number of nitrogens with one attached hydrogen (secondary N) is 1. The molecule has 0 aliphatic heterocycles. The molecule has 0 heterocycles. The fourth-order valence-electron chi connectivity index (χ4n) is 0.235. The van der Waals surface area contributed by atoms with Crippen molar-refractivity contribution in [3.63, 3.8) is 0 Å². The Bertz CT molecular complexity index is 80.5. The maximum atomic E-state index is 12.7. The van der Waals surface area contributed by atoms with Crippen LogP contribution in [0.3, 0.4) is 0 Å². The third kappa shape index (κ3) is 1.90. The molecule has 0 rings (SSSR count). The van der Waals surface area contributed by atoms with Crippen LogP contribution in [0.1, 0.15) is 13.3 Å². The minimum absolute atomic E-state index is 0.222. The van der Waals surface area contributed by atoms with Crippen LogP contribution in [-0.2, 0) is 0 Å². The second kappa shape index (κ2) is 3.17. The summed E-state index contributed by atoms with van der Waals surface area (Å²) >= 11 is 2.97. The molecule has 1 unspecified atom stereocenters. The van der Waals surface area contributed by atoms with Gasteiger partial charge in [0.05, 0.1) is 0 Å². The van der Waals surface area contributed by atoms with E-state index in [1.165, 1.54) is 0 Å². The second-order valence-corrected chi connectivity index (χ2v) is 2.23. The predicted molar refractivity (Wildman–Crippen MR) is 36.7 cm³/mol. The van der Waals surface area contributed by atoms with E-state index in [1.807, 2.05) is 0 Å². The molecule has 0 fully saturated rings. The van der Waals surface area contributed by atoms with Crippen LogP contribution in [0.4, 0.5) is 4.39 Å². The summed E-state index contributed by atoms with van der Waals surface area (Å²) in [6.45, 7) is 1.71. The van der Waals surface area contributed by atoms with E-state index >= 15 is 0 Å². The Morgan fingerprint density at radius 1 is 1.88 bits per heavy atom. The number of hydrogen-bond donors (Lipinski definition) is 1. The van der Waals surface area contributed by atoms with Gasteiger partial charge in [0, 0.05) is 11.5 Å². The lowest BCUT2D eigenvalue weighted by atomic mass is 10.1. The molecule has 3 heteroatoms. The monoisotopic (exact) mass is 181 g/mol. The SMILES string of the molecule is CCC(F)(C=N)CBr. The van der Waals surface area contributed by atoms with E-state index in [1.54, 1.807) is 6.92 Å². The lowest BCUT2D eigenvalue weighted by Crippen LogP contribution is -2.24. The highest BCUT2D eigenvalue weighted by Gasteiger charge is 2.21. The van der Waals surface area contributed by atoms with E-state index in [0.717, 1.165) is 6.21 Å². The summed E-state index contributed by atoms with van der Waals surface area (Å²) in [5.41, 5.74) is -1.42. The van der Waals surface area contributed by atoms with Crippen LogP contribution >= 0.6 is 15.9 Å². The minimum Gasteiger partial charge on any atom is -0.310 e. The molecule has 8 heavy (non-hydrogen) atoms. The molecule has 0 saturated carbocycles. The maximum Gasteiger partial charge on any atom is 0.154 e. The van der Waals surface area contributed by atoms with Crippen molar-refractivity contribution in [2.75, 3.05) is 5.33 Å². The van der Waals surface area contributed by atoms with E-state index in [2.05, 4.69) is 15.9 Å². The normalized spacial score (nSPS) is 17.4. The molecule has 0 aromatic rings. The smallest absolute Gasteiger partial charge is 0.154 e. The third-order valence-corrected chi connectivity index (χ3v) is 2.00. The molecular weight excluding hydrogens is 173 g/mol. The fraction of sp³-hybridized carbons (Fsp3) is 0.800. The number of alkyl halides is 2. The molecule has 0 radical (unpaired) electrons. The molecule has 0 aliphatic carbocycles. The van der Waals surface area contributed by atoms with Gasteiger partial charge in [-0.05, 0) is 6.42 Å². The van der Waals surface area contributed by atoms with Crippen LogP contribution in [0, 0.1) is 5.41 Å². The number of halogens is 2. The van der Waals surface area contributed by atoms with Crippen LogP contribution in [0.25, 0.3) is 0 Å². The molecular formula is C5H9BrFN. The van der Waals surface area contributed by atoms with Crippen molar-refractivity contribution in [3.05, 3.63) is 0 Å². The van der Waals surface area contributed by atoms with Crippen molar-refractivity contribution in [3.8, 4) is 0 Å². The Balaban J connectivity index is 3.76. The lowest BCUT2D eigenvalue weighted by Gasteiger charge is -2.12. The summed E-state index contributed by atoms with van der Waals surface area (Å²) in [6, 6.07) is 0. The molecule has 0 aromatic heterocycles. The summed E-state index contributed by atoms with van der Waals surface area (Å²) in [7, 11) is 0. The van der Waals surface area contributed by atoms with Gasteiger partial charge in [0.2, 0.25) is 0 Å². The van der Waals surface area contributed by atoms with E-state index in [4.69, 9.17) is 5.41 Å². The molecule has 0 saturated heterocycles. The standard InChI is InChI=1S/C5H9BrFN/c1-2-5(7,3-6)4-8/h4,8H,2-3H2,1H3. The van der Waals surface area contributed by atoms with Gasteiger partial charge in [-0.2, -0.15) is 0 Å². The van der Waals surface area contributed by atoms with E-state index in [9.17, 15) is 4.39 Å². The first-order chi connectivity index (χ1) is 3.68. The highest BCUT2D eigenvalue weighted by Crippen LogP contribution is 2.14. The second-order valence-electron chi connectivity index (χ2n) is 1.67. The van der Waals surface area contributed by atoms with Crippen molar-refractivity contribution < 1.29 is 4.39 Å². The Kier molecular flexibility index (Phi) is 3.21. The van der Waals surface area contributed by atoms with Gasteiger partial charge in [-0.1, -0.05) is 22.9 Å². The van der Waals surface area contributed by atoms with E-state index in [-0.39, 0.29) is 5.33 Å². The average molecular weight is 182 g/mol. The van der Waals surface area contributed by atoms with Crippen molar-refractivity contribution >= 4 is 22.1 Å². The van der Waals surface area contributed by atoms with Gasteiger partial charge < -0.3 is 5.41 Å². The highest BCUT2D eigenvalue weighted by atomic mass is 79.9. The third-order valence-electron chi connectivity index (χ3n) is 1.07. The molecule has 0 amide bonds. The predicted octanol–water partition coefficient (Wildman–Crippen LogP) is 2.15. The fourth-order valence-corrected chi connectivity index (χ4v) is 0.793. The van der Waals surface area contributed by atoms with Gasteiger partial charge in [0.25, 0.3) is 0 Å². The van der Waals surface area contributed by atoms with Crippen LogP contribution in [-0.4, -0.2) is 17.2 Å². The van der Waals surface area contributed by atoms with Crippen LogP contribution in [0.15, 0.2) is 0 Å². The largest absolute Gasteiger partial charge is 0.310 e. The average Bonchev–Trinajstić information content (AvgIpc) is 1.87. The molecule has 1 atom stereocenters. The van der Waals surface area contributed by atoms with Crippen molar-refractivity contribution in [2.24, 2.45) is 0 Å². The Hall–Kier alpha value is 0.0800. The summed E-state index contributed by atoms with van der Waals surface area (Å²) in [4.78, 5) is 0. The summed E-state index contributed by atoms with van der Waals surface area (Å²) < 4.78 is 12.7. The molecule has 1 N–H and O–H groups in total. The summed E-state index contributed by atoms with van der Waals surface area (Å²) in [5.74, 6) is 0. The molecule has 48 valence electrons. The summed E-state index contributed by atoms with van der Waals surface area (Å²) in [5, 5.41) is 6.85. The van der Waals surface area contributed by atoms with Gasteiger partial charge in [-0.15, -0.1) is 0 Å². The molecule has 0 spiro atoms. The Morgan fingerprint density at radius 2 is 2.38 bits per heavy atom.